The zero-order valence-electron chi connectivity index (χ0n) is 14.9. The SMILES string of the molecule is COCC1(C(=O)N2CCC3(CC2)c2ccccc2[C@@H](N)[C@@H]3O)CCC1. The van der Waals surface area contributed by atoms with E-state index in [4.69, 9.17) is 10.5 Å². The Balaban J connectivity index is 1.53. The zero-order chi connectivity index (χ0) is 17.7. The van der Waals surface area contributed by atoms with Gasteiger partial charge < -0.3 is 20.5 Å². The van der Waals surface area contributed by atoms with Crippen LogP contribution >= 0.6 is 0 Å². The van der Waals surface area contributed by atoms with Crippen molar-refractivity contribution < 1.29 is 14.6 Å². The van der Waals surface area contributed by atoms with Crippen molar-refractivity contribution in [2.45, 2.75) is 49.7 Å². The van der Waals surface area contributed by atoms with E-state index in [1.165, 1.54) is 5.56 Å². The summed E-state index contributed by atoms with van der Waals surface area (Å²) in [6.07, 6.45) is 3.93. The van der Waals surface area contributed by atoms with Gasteiger partial charge >= 0.3 is 0 Å². The van der Waals surface area contributed by atoms with Gasteiger partial charge in [-0.1, -0.05) is 30.7 Å². The summed E-state index contributed by atoms with van der Waals surface area (Å²) in [7, 11) is 1.67. The molecule has 1 saturated heterocycles. The highest BCUT2D eigenvalue weighted by Crippen LogP contribution is 2.51. The Labute approximate surface area is 149 Å². The van der Waals surface area contributed by atoms with Gasteiger partial charge in [-0.15, -0.1) is 0 Å². The van der Waals surface area contributed by atoms with Gasteiger partial charge in [0.2, 0.25) is 5.91 Å². The Morgan fingerprint density at radius 2 is 1.96 bits per heavy atom. The van der Waals surface area contributed by atoms with E-state index in [1.807, 2.05) is 23.1 Å². The molecule has 1 saturated carbocycles. The molecule has 1 spiro atoms. The highest BCUT2D eigenvalue weighted by atomic mass is 16.5. The fraction of sp³-hybridized carbons (Fsp3) is 0.650. The van der Waals surface area contributed by atoms with Crippen LogP contribution in [0.4, 0.5) is 0 Å². The summed E-state index contributed by atoms with van der Waals surface area (Å²) < 4.78 is 5.33. The molecule has 2 fully saturated rings. The molecule has 1 aliphatic heterocycles. The molecule has 25 heavy (non-hydrogen) atoms. The van der Waals surface area contributed by atoms with Crippen molar-refractivity contribution in [3.63, 3.8) is 0 Å². The summed E-state index contributed by atoms with van der Waals surface area (Å²) in [6.45, 7) is 1.88. The fourth-order valence-electron chi connectivity index (χ4n) is 5.22. The van der Waals surface area contributed by atoms with Crippen LogP contribution in [-0.2, 0) is 14.9 Å². The van der Waals surface area contributed by atoms with Crippen LogP contribution in [0.1, 0.15) is 49.3 Å². The number of nitrogens with two attached hydrogens (primary N) is 1. The number of likely N-dealkylation sites (tertiary alicyclic amines) is 1. The number of amides is 1. The number of ether oxygens (including phenoxy) is 1. The van der Waals surface area contributed by atoms with E-state index in [0.717, 1.165) is 37.7 Å². The fourth-order valence-corrected chi connectivity index (χ4v) is 5.22. The summed E-state index contributed by atoms with van der Waals surface area (Å²) in [6, 6.07) is 7.79. The first-order chi connectivity index (χ1) is 12.0. The van der Waals surface area contributed by atoms with Gasteiger partial charge in [0.05, 0.1) is 24.2 Å². The second-order valence-corrected chi connectivity index (χ2v) is 8.07. The molecule has 0 unspecified atom stereocenters. The largest absolute Gasteiger partial charge is 0.390 e. The molecule has 3 aliphatic rings. The molecule has 1 amide bonds. The number of carbonyl (C=O) groups is 1. The van der Waals surface area contributed by atoms with Crippen molar-refractivity contribution in [3.05, 3.63) is 35.4 Å². The number of aliphatic hydroxyl groups is 1. The van der Waals surface area contributed by atoms with Crippen LogP contribution in [0.2, 0.25) is 0 Å². The van der Waals surface area contributed by atoms with Crippen LogP contribution in [0.25, 0.3) is 0 Å². The van der Waals surface area contributed by atoms with Crippen LogP contribution in [0, 0.1) is 5.41 Å². The first-order valence-electron chi connectivity index (χ1n) is 9.35. The molecule has 5 nitrogen and oxygen atoms in total. The molecule has 0 aromatic heterocycles. The van der Waals surface area contributed by atoms with Crippen molar-refractivity contribution in [2.24, 2.45) is 11.1 Å². The van der Waals surface area contributed by atoms with Crippen LogP contribution < -0.4 is 5.73 Å². The van der Waals surface area contributed by atoms with Crippen molar-refractivity contribution in [1.82, 2.24) is 4.90 Å². The topological polar surface area (TPSA) is 75.8 Å². The number of rotatable bonds is 3. The number of hydrogen-bond acceptors (Lipinski definition) is 4. The second kappa shape index (κ2) is 6.08. The minimum atomic E-state index is -0.571. The van der Waals surface area contributed by atoms with Gasteiger partial charge in [-0.25, -0.2) is 0 Å². The standard InChI is InChI=1S/C20H28N2O3/c1-25-13-19(7-4-8-19)18(24)22-11-9-20(10-12-22)15-6-3-2-5-14(15)16(21)17(20)23/h2-3,5-6,16-17,23H,4,7-13,21H2,1H3/t16-,17+/m1/s1. The first kappa shape index (κ1) is 17.0. The summed E-state index contributed by atoms with van der Waals surface area (Å²) >= 11 is 0. The third kappa shape index (κ3) is 2.36. The summed E-state index contributed by atoms with van der Waals surface area (Å²) in [5.74, 6) is 0.237. The molecule has 2 atom stereocenters. The maximum atomic E-state index is 13.0. The number of hydrogen-bond donors (Lipinski definition) is 2. The highest BCUT2D eigenvalue weighted by molar-refractivity contribution is 5.84. The highest BCUT2D eigenvalue weighted by Gasteiger charge is 2.53. The number of carbonyl (C=O) groups excluding carboxylic acids is 1. The average molecular weight is 344 g/mol. The van der Waals surface area contributed by atoms with Gasteiger partial charge in [0.15, 0.2) is 0 Å². The predicted octanol–water partition coefficient (Wildman–Crippen LogP) is 1.74. The van der Waals surface area contributed by atoms with Gasteiger partial charge in [-0.2, -0.15) is 0 Å². The number of methoxy groups -OCH3 is 1. The van der Waals surface area contributed by atoms with Crippen LogP contribution in [0.3, 0.4) is 0 Å². The normalized spacial score (nSPS) is 29.3. The summed E-state index contributed by atoms with van der Waals surface area (Å²) in [4.78, 5) is 15.0. The van der Waals surface area contributed by atoms with E-state index in [0.29, 0.717) is 19.7 Å². The van der Waals surface area contributed by atoms with Gasteiger partial charge in [-0.3, -0.25) is 4.79 Å². The van der Waals surface area contributed by atoms with Crippen molar-refractivity contribution >= 4 is 5.91 Å². The van der Waals surface area contributed by atoms with Crippen molar-refractivity contribution in [2.75, 3.05) is 26.8 Å². The van der Waals surface area contributed by atoms with E-state index in [2.05, 4.69) is 6.07 Å². The Morgan fingerprint density at radius 3 is 2.56 bits per heavy atom. The van der Waals surface area contributed by atoms with Gasteiger partial charge in [-0.05, 0) is 36.8 Å². The molecule has 5 heteroatoms. The van der Waals surface area contributed by atoms with E-state index in [1.54, 1.807) is 7.11 Å². The molecule has 2 aliphatic carbocycles. The molecule has 1 heterocycles. The van der Waals surface area contributed by atoms with Crippen LogP contribution in [-0.4, -0.2) is 48.8 Å². The van der Waals surface area contributed by atoms with Crippen LogP contribution in [0.5, 0.6) is 0 Å². The molecule has 136 valence electrons. The first-order valence-corrected chi connectivity index (χ1v) is 9.35. The maximum Gasteiger partial charge on any atom is 0.231 e. The predicted molar refractivity (Wildman–Crippen MR) is 95.0 cm³/mol. The van der Waals surface area contributed by atoms with E-state index in [-0.39, 0.29) is 22.8 Å². The van der Waals surface area contributed by atoms with Crippen LogP contribution in [0.15, 0.2) is 24.3 Å². The molecule has 1 aromatic carbocycles. The minimum Gasteiger partial charge on any atom is -0.390 e. The van der Waals surface area contributed by atoms with Crippen molar-refractivity contribution in [3.8, 4) is 0 Å². The monoisotopic (exact) mass is 344 g/mol. The number of aliphatic hydroxyl groups excluding tert-OH is 1. The van der Waals surface area contributed by atoms with E-state index >= 15 is 0 Å². The molecule has 4 rings (SSSR count). The number of nitrogens with zero attached hydrogens (tertiary/aromatic N) is 1. The number of benzene rings is 1. The lowest BCUT2D eigenvalue weighted by Crippen LogP contribution is -2.56. The summed E-state index contributed by atoms with van der Waals surface area (Å²) in [5.41, 5.74) is 7.91. The Bertz CT molecular complexity index is 663. The number of piperidine rings is 1. The van der Waals surface area contributed by atoms with E-state index in [9.17, 15) is 9.90 Å². The lowest BCUT2D eigenvalue weighted by atomic mass is 9.67. The molecular weight excluding hydrogens is 316 g/mol. The third-order valence-corrected chi connectivity index (χ3v) is 6.89. The molecule has 0 bridgehead atoms. The third-order valence-electron chi connectivity index (χ3n) is 6.89. The smallest absolute Gasteiger partial charge is 0.231 e. The summed E-state index contributed by atoms with van der Waals surface area (Å²) in [5, 5.41) is 10.9. The zero-order valence-corrected chi connectivity index (χ0v) is 14.9. The lowest BCUT2D eigenvalue weighted by Gasteiger charge is -2.47. The van der Waals surface area contributed by atoms with Gasteiger partial charge in [0.25, 0.3) is 0 Å². The lowest BCUT2D eigenvalue weighted by molar-refractivity contribution is -0.154. The molecule has 3 N–H and O–H groups in total. The second-order valence-electron chi connectivity index (χ2n) is 8.07. The van der Waals surface area contributed by atoms with Gasteiger partial charge in [0.1, 0.15) is 0 Å². The maximum absolute atomic E-state index is 13.0. The van der Waals surface area contributed by atoms with Crippen molar-refractivity contribution in [1.29, 1.82) is 0 Å². The molecule has 1 aromatic rings. The Hall–Kier alpha value is -1.43. The van der Waals surface area contributed by atoms with E-state index < -0.39 is 6.10 Å². The Kier molecular flexibility index (Phi) is 4.13. The minimum absolute atomic E-state index is 0.237. The average Bonchev–Trinajstić information content (AvgIpc) is 2.81. The number of fused-ring (bicyclic) bond motifs is 2. The molecular formula is C20H28N2O3. The Morgan fingerprint density at radius 1 is 1.28 bits per heavy atom. The molecule has 0 radical (unpaired) electrons. The van der Waals surface area contributed by atoms with Gasteiger partial charge in [0, 0.05) is 25.6 Å². The quantitative estimate of drug-likeness (QED) is 0.876.